The highest BCUT2D eigenvalue weighted by Gasteiger charge is 2.22. The van der Waals surface area contributed by atoms with Crippen LogP contribution in [0, 0.1) is 0 Å². The van der Waals surface area contributed by atoms with Crippen LogP contribution < -0.4 is 20.7 Å². The smallest absolute Gasteiger partial charge is 0.243 e. The van der Waals surface area contributed by atoms with Crippen molar-refractivity contribution in [3.8, 4) is 5.75 Å². The zero-order valence-electron chi connectivity index (χ0n) is 20.7. The van der Waals surface area contributed by atoms with Crippen molar-refractivity contribution < 1.29 is 9.53 Å². The Balaban J connectivity index is 1.68. The lowest BCUT2D eigenvalue weighted by molar-refractivity contribution is -0.117. The van der Waals surface area contributed by atoms with E-state index in [1.807, 2.05) is 24.3 Å². The highest BCUT2D eigenvalue weighted by Crippen LogP contribution is 2.39. The molecular formula is C26H31N7O2S. The molecular weight excluding hydrogens is 474 g/mol. The minimum absolute atomic E-state index is 0.167. The van der Waals surface area contributed by atoms with Gasteiger partial charge in [0.1, 0.15) is 12.1 Å². The first kappa shape index (κ1) is 25.6. The number of ether oxygens (including phenoxy) is 1. The number of anilines is 2. The van der Waals surface area contributed by atoms with Gasteiger partial charge in [-0.1, -0.05) is 42.5 Å². The molecule has 2 heterocycles. The fourth-order valence-corrected chi connectivity index (χ4v) is 4.58. The summed E-state index contributed by atoms with van der Waals surface area (Å²) in [5.74, 6) is 0.598. The van der Waals surface area contributed by atoms with E-state index in [0.29, 0.717) is 5.16 Å². The number of nitrogens with two attached hydrogens (primary N) is 1. The number of amides is 1. The molecule has 0 saturated carbocycles. The topological polar surface area (TPSA) is 110 Å². The summed E-state index contributed by atoms with van der Waals surface area (Å²) in [6.07, 6.45) is 5.60. The van der Waals surface area contributed by atoms with Gasteiger partial charge in [-0.3, -0.25) is 10.1 Å². The van der Waals surface area contributed by atoms with E-state index in [1.165, 1.54) is 18.1 Å². The van der Waals surface area contributed by atoms with Crippen molar-refractivity contribution in [3.05, 3.63) is 59.9 Å². The number of hydrogen-bond donors (Lipinski definition) is 2. The molecule has 0 spiro atoms. The van der Waals surface area contributed by atoms with Crippen LogP contribution in [0.15, 0.2) is 58.8 Å². The maximum Gasteiger partial charge on any atom is 0.243 e. The van der Waals surface area contributed by atoms with E-state index in [-0.39, 0.29) is 11.9 Å². The first-order valence-corrected chi connectivity index (χ1v) is 12.6. The number of piperazine rings is 1. The Hall–Kier alpha value is -3.47. The maximum absolute atomic E-state index is 11.9. The van der Waals surface area contributed by atoms with Crippen LogP contribution in [0.1, 0.15) is 18.1 Å². The molecule has 1 unspecified atom stereocenters. The zero-order valence-corrected chi connectivity index (χ0v) is 21.5. The molecule has 0 aliphatic carbocycles. The van der Waals surface area contributed by atoms with Gasteiger partial charge >= 0.3 is 0 Å². The summed E-state index contributed by atoms with van der Waals surface area (Å²) in [4.78, 5) is 30.2. The highest BCUT2D eigenvalue weighted by atomic mass is 32.2. The first-order chi connectivity index (χ1) is 17.4. The average molecular weight is 506 g/mol. The number of likely N-dealkylation sites (N-methyl/N-ethyl adjacent to an activating group) is 1. The molecule has 0 bridgehead atoms. The first-order valence-electron chi connectivity index (χ1n) is 11.7. The van der Waals surface area contributed by atoms with Crippen LogP contribution in [0.4, 0.5) is 11.6 Å². The number of carbonyl (C=O) groups excluding carboxylic acids is 1. The van der Waals surface area contributed by atoms with Crippen LogP contribution >= 0.6 is 11.8 Å². The van der Waals surface area contributed by atoms with E-state index in [4.69, 9.17) is 10.5 Å². The number of aromatic nitrogens is 3. The minimum Gasteiger partial charge on any atom is -0.495 e. The third-order valence-corrected chi connectivity index (χ3v) is 6.63. The highest BCUT2D eigenvalue weighted by molar-refractivity contribution is 7.99. The molecule has 4 rings (SSSR count). The molecule has 188 valence electrons. The van der Waals surface area contributed by atoms with Gasteiger partial charge in [-0.15, -0.1) is 0 Å². The van der Waals surface area contributed by atoms with Crippen molar-refractivity contribution in [3.63, 3.8) is 0 Å². The molecule has 1 aliphatic heterocycles. The Labute approximate surface area is 215 Å². The molecule has 1 amide bonds. The number of carbonyl (C=O) groups is 1. The summed E-state index contributed by atoms with van der Waals surface area (Å²) in [5.41, 5.74) is 8.87. The van der Waals surface area contributed by atoms with Crippen LogP contribution in [-0.2, 0) is 4.79 Å². The summed E-state index contributed by atoms with van der Waals surface area (Å²) in [6.45, 7) is 5.42. The Morgan fingerprint density at radius 2 is 1.89 bits per heavy atom. The van der Waals surface area contributed by atoms with Gasteiger partial charge in [0.05, 0.1) is 18.8 Å². The van der Waals surface area contributed by atoms with Gasteiger partial charge in [0.15, 0.2) is 5.16 Å². The van der Waals surface area contributed by atoms with E-state index in [1.54, 1.807) is 14.0 Å². The van der Waals surface area contributed by atoms with E-state index < -0.39 is 6.04 Å². The number of hydrogen-bond acceptors (Lipinski definition) is 9. The second-order valence-electron chi connectivity index (χ2n) is 8.57. The molecule has 2 aromatic carbocycles. The number of nitrogens with zero attached hydrogens (tertiary/aromatic N) is 5. The molecule has 3 aromatic rings. The quantitative estimate of drug-likeness (QED) is 0.446. The van der Waals surface area contributed by atoms with Crippen molar-refractivity contribution in [1.82, 2.24) is 19.9 Å². The number of methoxy groups -OCH3 is 1. The molecule has 9 nitrogen and oxygen atoms in total. The van der Waals surface area contributed by atoms with Gasteiger partial charge < -0.3 is 20.3 Å². The molecule has 1 fully saturated rings. The summed E-state index contributed by atoms with van der Waals surface area (Å²) >= 11 is 1.37. The SMILES string of the molecule is COc1cc(Sc2ncnc(NC(=O)C(C)N)n2)cc(/C=C/c2ccccc2)c1N1CCN(C)CC1. The van der Waals surface area contributed by atoms with Crippen molar-refractivity contribution in [2.75, 3.05) is 50.6 Å². The van der Waals surface area contributed by atoms with E-state index in [0.717, 1.165) is 53.6 Å². The largest absolute Gasteiger partial charge is 0.495 e. The molecule has 1 aliphatic rings. The number of benzene rings is 2. The molecule has 1 atom stereocenters. The fourth-order valence-electron chi connectivity index (χ4n) is 3.78. The fraction of sp³-hybridized carbons (Fsp3) is 0.308. The Bertz CT molecular complexity index is 1210. The van der Waals surface area contributed by atoms with Gasteiger partial charge in [-0.25, -0.2) is 9.97 Å². The van der Waals surface area contributed by atoms with Crippen molar-refractivity contribution in [1.29, 1.82) is 0 Å². The summed E-state index contributed by atoms with van der Waals surface area (Å²) in [7, 11) is 3.84. The van der Waals surface area contributed by atoms with Crippen molar-refractivity contribution in [2.24, 2.45) is 5.73 Å². The minimum atomic E-state index is -0.664. The molecule has 3 N–H and O–H groups in total. The predicted molar refractivity (Wildman–Crippen MR) is 144 cm³/mol. The number of rotatable bonds is 8. The molecule has 10 heteroatoms. The third-order valence-electron chi connectivity index (χ3n) is 5.78. The normalized spacial score (nSPS) is 15.2. The van der Waals surface area contributed by atoms with Gasteiger partial charge in [0, 0.05) is 36.6 Å². The Morgan fingerprint density at radius 3 is 2.58 bits per heavy atom. The van der Waals surface area contributed by atoms with Crippen LogP contribution in [0.25, 0.3) is 12.2 Å². The standard InChI is InChI=1S/C26H31N7O2S/c1-18(27)24(34)30-25-28-17-29-26(31-25)36-21-15-20(10-9-19-7-5-4-6-8-19)23(22(16-21)35-3)33-13-11-32(2)12-14-33/h4-10,15-18H,11-14,27H2,1-3H3,(H,28,29,30,31,34)/b10-9+. The van der Waals surface area contributed by atoms with Gasteiger partial charge in [-0.05, 0) is 43.4 Å². The van der Waals surface area contributed by atoms with Crippen LogP contribution in [0.3, 0.4) is 0 Å². The van der Waals surface area contributed by atoms with Gasteiger partial charge in [-0.2, -0.15) is 4.98 Å². The molecule has 36 heavy (non-hydrogen) atoms. The molecule has 1 saturated heterocycles. The van der Waals surface area contributed by atoms with Crippen LogP contribution in [0.5, 0.6) is 5.75 Å². The molecule has 1 aromatic heterocycles. The molecule has 0 radical (unpaired) electrons. The van der Waals surface area contributed by atoms with Crippen molar-refractivity contribution in [2.45, 2.75) is 23.0 Å². The van der Waals surface area contributed by atoms with E-state index >= 15 is 0 Å². The summed E-state index contributed by atoms with van der Waals surface area (Å²) in [6, 6.07) is 13.7. The van der Waals surface area contributed by atoms with Gasteiger partial charge in [0.2, 0.25) is 11.9 Å². The van der Waals surface area contributed by atoms with E-state index in [2.05, 4.69) is 67.5 Å². The van der Waals surface area contributed by atoms with Crippen LogP contribution in [0.2, 0.25) is 0 Å². The Morgan fingerprint density at radius 1 is 1.14 bits per heavy atom. The number of nitrogens with one attached hydrogen (secondary N) is 1. The second-order valence-corrected chi connectivity index (χ2v) is 9.61. The lowest BCUT2D eigenvalue weighted by Gasteiger charge is -2.35. The van der Waals surface area contributed by atoms with Crippen molar-refractivity contribution >= 4 is 41.5 Å². The summed E-state index contributed by atoms with van der Waals surface area (Å²) < 4.78 is 5.87. The summed E-state index contributed by atoms with van der Waals surface area (Å²) in [5, 5.41) is 3.07. The van der Waals surface area contributed by atoms with Gasteiger partial charge in [0.25, 0.3) is 0 Å². The zero-order chi connectivity index (χ0) is 25.5. The predicted octanol–water partition coefficient (Wildman–Crippen LogP) is 3.24. The van der Waals surface area contributed by atoms with E-state index in [9.17, 15) is 4.79 Å². The third kappa shape index (κ3) is 6.60. The lowest BCUT2D eigenvalue weighted by atomic mass is 10.1. The Kier molecular flexibility index (Phi) is 8.52. The van der Waals surface area contributed by atoms with Crippen LogP contribution in [-0.4, -0.2) is 72.1 Å². The monoisotopic (exact) mass is 505 g/mol. The maximum atomic E-state index is 11.9. The lowest BCUT2D eigenvalue weighted by Crippen LogP contribution is -2.44. The second kappa shape index (κ2) is 12.0. The average Bonchev–Trinajstić information content (AvgIpc) is 2.88.